The first-order valence-electron chi connectivity index (χ1n) is 9.51. The van der Waals surface area contributed by atoms with Crippen LogP contribution in [0.5, 0.6) is 11.6 Å². The summed E-state index contributed by atoms with van der Waals surface area (Å²) in [4.78, 5) is 27.0. The highest BCUT2D eigenvalue weighted by molar-refractivity contribution is 7.98. The molecule has 3 aromatic rings. The quantitative estimate of drug-likeness (QED) is 0.297. The zero-order valence-corrected chi connectivity index (χ0v) is 18.6. The van der Waals surface area contributed by atoms with Crippen molar-refractivity contribution in [1.82, 2.24) is 15.0 Å². The average Bonchev–Trinajstić information content (AvgIpc) is 2.68. The number of hydrogen-bond donors (Lipinski definition) is 0. The van der Waals surface area contributed by atoms with Crippen molar-refractivity contribution in [2.75, 3.05) is 13.3 Å². The molecule has 30 heavy (non-hydrogen) atoms. The van der Waals surface area contributed by atoms with Gasteiger partial charge in [-0.25, -0.2) is 9.78 Å². The number of benzene rings is 2. The van der Waals surface area contributed by atoms with Gasteiger partial charge in [0.2, 0.25) is 5.88 Å². The van der Waals surface area contributed by atoms with E-state index in [1.165, 1.54) is 34.1 Å². The summed E-state index contributed by atoms with van der Waals surface area (Å²) < 4.78 is 5.95. The van der Waals surface area contributed by atoms with E-state index < -0.39 is 5.97 Å². The number of para-hydroxylation sites is 1. The van der Waals surface area contributed by atoms with Crippen LogP contribution in [0.4, 0.5) is 0 Å². The normalized spacial score (nSPS) is 10.9. The van der Waals surface area contributed by atoms with E-state index in [9.17, 15) is 4.79 Å². The van der Waals surface area contributed by atoms with Gasteiger partial charge in [-0.2, -0.15) is 4.98 Å². The fourth-order valence-corrected chi connectivity index (χ4v) is 3.41. The Balaban J connectivity index is 1.79. The Morgan fingerprint density at radius 3 is 2.47 bits per heavy atom. The Morgan fingerprint density at radius 2 is 1.80 bits per heavy atom. The molecule has 0 radical (unpaired) electrons. The Kier molecular flexibility index (Phi) is 7.07. The van der Waals surface area contributed by atoms with Gasteiger partial charge in [0.1, 0.15) is 11.3 Å². The Hall–Kier alpha value is -2.90. The molecule has 0 aliphatic carbocycles. The van der Waals surface area contributed by atoms with Crippen LogP contribution in [-0.4, -0.2) is 34.3 Å². The summed E-state index contributed by atoms with van der Waals surface area (Å²) in [7, 11) is 1.72. The number of carbonyl (C=O) groups is 1. The number of hydrogen-bond acceptors (Lipinski definition) is 7. The SMILES string of the molecule is CSc1ncc(C(=O)ON(C)Cc2cc(C)cc(C)c2)c(Oc2ccccc2C)n1. The second kappa shape index (κ2) is 9.73. The lowest BCUT2D eigenvalue weighted by atomic mass is 10.1. The summed E-state index contributed by atoms with van der Waals surface area (Å²) in [6.07, 6.45) is 3.31. The third-order valence-corrected chi connectivity index (χ3v) is 4.92. The molecular weight excluding hydrogens is 398 g/mol. The maximum absolute atomic E-state index is 12.8. The predicted molar refractivity (Wildman–Crippen MR) is 118 cm³/mol. The molecule has 0 saturated heterocycles. The van der Waals surface area contributed by atoms with Gasteiger partial charge in [-0.05, 0) is 44.2 Å². The largest absolute Gasteiger partial charge is 0.438 e. The van der Waals surface area contributed by atoms with Gasteiger partial charge in [0.15, 0.2) is 5.16 Å². The molecule has 6 nitrogen and oxygen atoms in total. The number of aromatic nitrogens is 2. The van der Waals surface area contributed by atoms with Crippen molar-refractivity contribution in [1.29, 1.82) is 0 Å². The van der Waals surface area contributed by atoms with Crippen LogP contribution >= 0.6 is 11.8 Å². The molecule has 0 spiro atoms. The van der Waals surface area contributed by atoms with Crippen LogP contribution in [-0.2, 0) is 11.4 Å². The Morgan fingerprint density at radius 1 is 1.10 bits per heavy atom. The predicted octanol–water partition coefficient (Wildman–Crippen LogP) is 5.12. The van der Waals surface area contributed by atoms with Crippen LogP contribution in [0.2, 0.25) is 0 Å². The van der Waals surface area contributed by atoms with Gasteiger partial charge in [-0.15, -0.1) is 5.06 Å². The van der Waals surface area contributed by atoms with Crippen LogP contribution in [0, 0.1) is 20.8 Å². The zero-order chi connectivity index (χ0) is 21.7. The summed E-state index contributed by atoms with van der Waals surface area (Å²) in [5.41, 5.74) is 4.50. The van der Waals surface area contributed by atoms with Gasteiger partial charge < -0.3 is 9.57 Å². The molecule has 0 bridgehead atoms. The van der Waals surface area contributed by atoms with E-state index in [2.05, 4.69) is 28.2 Å². The van der Waals surface area contributed by atoms with Crippen molar-refractivity contribution < 1.29 is 14.4 Å². The molecule has 7 heteroatoms. The minimum atomic E-state index is -0.571. The van der Waals surface area contributed by atoms with Crippen LogP contribution in [0.15, 0.2) is 53.8 Å². The molecule has 1 aromatic heterocycles. The third-order valence-electron chi connectivity index (χ3n) is 4.36. The molecule has 0 unspecified atom stereocenters. The highest BCUT2D eigenvalue weighted by Crippen LogP contribution is 2.28. The van der Waals surface area contributed by atoms with Crippen molar-refractivity contribution in [2.45, 2.75) is 32.5 Å². The van der Waals surface area contributed by atoms with E-state index >= 15 is 0 Å². The lowest BCUT2D eigenvalue weighted by Gasteiger charge is -2.18. The topological polar surface area (TPSA) is 64.5 Å². The molecule has 2 aromatic carbocycles. The average molecular weight is 424 g/mol. The maximum atomic E-state index is 12.8. The minimum absolute atomic E-state index is 0.170. The molecule has 3 rings (SSSR count). The van der Waals surface area contributed by atoms with Crippen LogP contribution in [0.3, 0.4) is 0 Å². The molecule has 0 fully saturated rings. The van der Waals surface area contributed by atoms with Crippen molar-refractivity contribution in [3.05, 3.63) is 76.5 Å². The van der Waals surface area contributed by atoms with E-state index in [1.807, 2.05) is 51.3 Å². The van der Waals surface area contributed by atoms with Gasteiger partial charge >= 0.3 is 5.97 Å². The monoisotopic (exact) mass is 423 g/mol. The van der Waals surface area contributed by atoms with Crippen molar-refractivity contribution in [2.24, 2.45) is 0 Å². The van der Waals surface area contributed by atoms with E-state index in [0.717, 1.165) is 11.1 Å². The summed E-state index contributed by atoms with van der Waals surface area (Å²) in [6, 6.07) is 13.8. The summed E-state index contributed by atoms with van der Waals surface area (Å²) in [6.45, 7) is 6.48. The lowest BCUT2D eigenvalue weighted by molar-refractivity contribution is -0.0968. The number of rotatable bonds is 7. The first-order valence-corrected chi connectivity index (χ1v) is 10.7. The number of ether oxygens (including phenoxy) is 1. The molecule has 0 N–H and O–H groups in total. The molecule has 0 amide bonds. The van der Waals surface area contributed by atoms with Crippen LogP contribution < -0.4 is 4.74 Å². The van der Waals surface area contributed by atoms with Crippen molar-refractivity contribution in [3.63, 3.8) is 0 Å². The standard InChI is InChI=1S/C23H25N3O3S/c1-15-10-16(2)12-18(11-15)14-26(4)29-22(27)19-13-24-23(30-5)25-21(19)28-20-9-7-6-8-17(20)3/h6-13H,14H2,1-5H3. The van der Waals surface area contributed by atoms with Gasteiger partial charge in [-0.3, -0.25) is 0 Å². The fourth-order valence-electron chi connectivity index (χ4n) is 3.08. The summed E-state index contributed by atoms with van der Waals surface area (Å²) in [5, 5.41) is 2.01. The first kappa shape index (κ1) is 21.8. The van der Waals surface area contributed by atoms with Crippen LogP contribution in [0.25, 0.3) is 0 Å². The zero-order valence-electron chi connectivity index (χ0n) is 17.8. The second-order valence-electron chi connectivity index (χ2n) is 7.10. The second-order valence-corrected chi connectivity index (χ2v) is 7.88. The van der Waals surface area contributed by atoms with E-state index in [-0.39, 0.29) is 11.4 Å². The highest BCUT2D eigenvalue weighted by Gasteiger charge is 2.21. The number of nitrogens with zero attached hydrogens (tertiary/aromatic N) is 3. The molecule has 0 atom stereocenters. The smallest absolute Gasteiger partial charge is 0.364 e. The van der Waals surface area contributed by atoms with E-state index in [1.54, 1.807) is 7.05 Å². The molecule has 156 valence electrons. The molecule has 0 saturated carbocycles. The highest BCUT2D eigenvalue weighted by atomic mass is 32.2. The number of carbonyl (C=O) groups excluding carboxylic acids is 1. The van der Waals surface area contributed by atoms with Gasteiger partial charge in [0.25, 0.3) is 0 Å². The minimum Gasteiger partial charge on any atom is -0.438 e. The van der Waals surface area contributed by atoms with Gasteiger partial charge in [0.05, 0.1) is 12.7 Å². The van der Waals surface area contributed by atoms with Crippen LogP contribution in [0.1, 0.15) is 32.6 Å². The first-order chi connectivity index (χ1) is 14.4. The maximum Gasteiger partial charge on any atom is 0.364 e. The third kappa shape index (κ3) is 5.58. The summed E-state index contributed by atoms with van der Waals surface area (Å²) >= 11 is 1.37. The van der Waals surface area contributed by atoms with Gasteiger partial charge in [0, 0.05) is 7.05 Å². The number of hydroxylamine groups is 2. The number of thioether (sulfide) groups is 1. The molecular formula is C23H25N3O3S. The van der Waals surface area contributed by atoms with Crippen molar-refractivity contribution >= 4 is 17.7 Å². The number of aryl methyl sites for hydroxylation is 3. The van der Waals surface area contributed by atoms with Crippen molar-refractivity contribution in [3.8, 4) is 11.6 Å². The Bertz CT molecular complexity index is 1040. The fraction of sp³-hybridized carbons (Fsp3) is 0.261. The molecule has 1 heterocycles. The lowest BCUT2D eigenvalue weighted by Crippen LogP contribution is -2.23. The van der Waals surface area contributed by atoms with E-state index in [0.29, 0.717) is 17.5 Å². The molecule has 0 aliphatic heterocycles. The van der Waals surface area contributed by atoms with E-state index in [4.69, 9.17) is 9.57 Å². The summed E-state index contributed by atoms with van der Waals surface area (Å²) in [5.74, 6) is 0.229. The van der Waals surface area contributed by atoms with Gasteiger partial charge in [-0.1, -0.05) is 59.3 Å². The molecule has 0 aliphatic rings. The Labute approximate surface area is 181 Å².